The zero-order valence-electron chi connectivity index (χ0n) is 11.6. The molecule has 110 valence electrons. The van der Waals surface area contributed by atoms with Gasteiger partial charge in [0, 0.05) is 18.5 Å². The molecule has 1 aliphatic rings. The molecule has 0 saturated carbocycles. The van der Waals surface area contributed by atoms with Crippen molar-refractivity contribution in [3.05, 3.63) is 52.0 Å². The molecule has 1 amide bonds. The van der Waals surface area contributed by atoms with Crippen LogP contribution in [0.15, 0.2) is 35.7 Å². The number of amides is 1. The lowest BCUT2D eigenvalue weighted by atomic mass is 10.1. The highest BCUT2D eigenvalue weighted by Gasteiger charge is 2.27. The molecule has 1 atom stereocenters. The van der Waals surface area contributed by atoms with Crippen LogP contribution in [-0.2, 0) is 11.3 Å². The fourth-order valence-corrected chi connectivity index (χ4v) is 3.02. The van der Waals surface area contributed by atoms with E-state index in [9.17, 15) is 4.79 Å². The van der Waals surface area contributed by atoms with E-state index in [1.165, 1.54) is 11.3 Å². The van der Waals surface area contributed by atoms with Gasteiger partial charge < -0.3 is 15.4 Å². The maximum absolute atomic E-state index is 12.5. The monoisotopic (exact) mass is 303 g/mol. The van der Waals surface area contributed by atoms with Crippen LogP contribution in [0.3, 0.4) is 0 Å². The number of morpholine rings is 1. The number of nitrogens with zero attached hydrogens (tertiary/aromatic N) is 2. The van der Waals surface area contributed by atoms with E-state index in [2.05, 4.69) is 4.98 Å². The van der Waals surface area contributed by atoms with Gasteiger partial charge in [-0.05, 0) is 5.56 Å². The SMILES string of the molecule is NCc1nc(C(=O)N2CCOC(c3ccccc3)C2)cs1. The molecule has 3 rings (SSSR count). The maximum atomic E-state index is 12.5. The number of nitrogens with two attached hydrogens (primary N) is 1. The third kappa shape index (κ3) is 3.12. The van der Waals surface area contributed by atoms with E-state index in [4.69, 9.17) is 10.5 Å². The Bertz CT molecular complexity index is 614. The van der Waals surface area contributed by atoms with Gasteiger partial charge in [-0.15, -0.1) is 11.3 Å². The fourth-order valence-electron chi connectivity index (χ4n) is 2.37. The Hall–Kier alpha value is -1.76. The second-order valence-corrected chi connectivity index (χ2v) is 5.79. The lowest BCUT2D eigenvalue weighted by Crippen LogP contribution is -2.42. The predicted octanol–water partition coefficient (Wildman–Crippen LogP) is 1.82. The molecule has 0 bridgehead atoms. The minimum Gasteiger partial charge on any atom is -0.370 e. The van der Waals surface area contributed by atoms with Gasteiger partial charge in [0.1, 0.15) is 16.8 Å². The van der Waals surface area contributed by atoms with E-state index in [-0.39, 0.29) is 12.0 Å². The van der Waals surface area contributed by atoms with Gasteiger partial charge in [0.15, 0.2) is 0 Å². The van der Waals surface area contributed by atoms with Crippen molar-refractivity contribution in [2.45, 2.75) is 12.6 Å². The molecule has 1 aromatic heterocycles. The number of thiazole rings is 1. The smallest absolute Gasteiger partial charge is 0.273 e. The summed E-state index contributed by atoms with van der Waals surface area (Å²) in [6.07, 6.45) is -0.0727. The maximum Gasteiger partial charge on any atom is 0.273 e. The van der Waals surface area contributed by atoms with Crippen LogP contribution in [0.5, 0.6) is 0 Å². The summed E-state index contributed by atoms with van der Waals surface area (Å²) in [7, 11) is 0. The summed E-state index contributed by atoms with van der Waals surface area (Å²) in [5.74, 6) is -0.0461. The Morgan fingerprint density at radius 3 is 2.95 bits per heavy atom. The average Bonchev–Trinajstić information content (AvgIpc) is 3.04. The number of carbonyl (C=O) groups excluding carboxylic acids is 1. The zero-order chi connectivity index (χ0) is 14.7. The number of rotatable bonds is 3. The molecule has 1 aromatic carbocycles. The topological polar surface area (TPSA) is 68.5 Å². The summed E-state index contributed by atoms with van der Waals surface area (Å²) in [5, 5.41) is 2.56. The Kier molecular flexibility index (Phi) is 4.28. The molecule has 0 spiro atoms. The largest absolute Gasteiger partial charge is 0.370 e. The lowest BCUT2D eigenvalue weighted by molar-refractivity contribution is -0.0229. The van der Waals surface area contributed by atoms with Gasteiger partial charge in [-0.1, -0.05) is 30.3 Å². The van der Waals surface area contributed by atoms with Crippen LogP contribution in [0, 0.1) is 0 Å². The standard InChI is InChI=1S/C15H17N3O2S/c16-8-14-17-12(10-21-14)15(19)18-6-7-20-13(9-18)11-4-2-1-3-5-11/h1-5,10,13H,6-9,16H2. The van der Waals surface area contributed by atoms with E-state index in [1.54, 1.807) is 10.3 Å². The van der Waals surface area contributed by atoms with Crippen LogP contribution >= 0.6 is 11.3 Å². The van der Waals surface area contributed by atoms with Crippen LogP contribution in [0.1, 0.15) is 27.2 Å². The van der Waals surface area contributed by atoms with Gasteiger partial charge in [0.25, 0.3) is 5.91 Å². The minimum absolute atomic E-state index is 0.0461. The van der Waals surface area contributed by atoms with Gasteiger partial charge in [-0.3, -0.25) is 4.79 Å². The number of hydrogen-bond donors (Lipinski definition) is 1. The molecule has 1 aliphatic heterocycles. The first kappa shape index (κ1) is 14.2. The van der Waals surface area contributed by atoms with Gasteiger partial charge in [-0.2, -0.15) is 0 Å². The Morgan fingerprint density at radius 1 is 1.43 bits per heavy atom. The second-order valence-electron chi connectivity index (χ2n) is 4.85. The van der Waals surface area contributed by atoms with Gasteiger partial charge >= 0.3 is 0 Å². The van der Waals surface area contributed by atoms with Crippen molar-refractivity contribution in [2.75, 3.05) is 19.7 Å². The Labute approximate surface area is 127 Å². The van der Waals surface area contributed by atoms with Crippen molar-refractivity contribution in [1.82, 2.24) is 9.88 Å². The summed E-state index contributed by atoms with van der Waals surface area (Å²) < 4.78 is 5.77. The minimum atomic E-state index is -0.0727. The highest BCUT2D eigenvalue weighted by Crippen LogP contribution is 2.23. The van der Waals surface area contributed by atoms with E-state index < -0.39 is 0 Å². The number of hydrogen-bond acceptors (Lipinski definition) is 5. The number of ether oxygens (including phenoxy) is 1. The molecular weight excluding hydrogens is 286 g/mol. The molecule has 0 radical (unpaired) electrons. The first-order valence-electron chi connectivity index (χ1n) is 6.88. The molecule has 0 aliphatic carbocycles. The van der Waals surface area contributed by atoms with Crippen molar-refractivity contribution >= 4 is 17.2 Å². The van der Waals surface area contributed by atoms with Crippen molar-refractivity contribution in [3.8, 4) is 0 Å². The highest BCUT2D eigenvalue weighted by molar-refractivity contribution is 7.09. The van der Waals surface area contributed by atoms with Crippen LogP contribution in [0.2, 0.25) is 0 Å². The summed E-state index contributed by atoms with van der Waals surface area (Å²) in [5.41, 5.74) is 7.12. The van der Waals surface area contributed by atoms with E-state index in [0.29, 0.717) is 31.9 Å². The molecule has 21 heavy (non-hydrogen) atoms. The molecular formula is C15H17N3O2S. The van der Waals surface area contributed by atoms with Crippen LogP contribution < -0.4 is 5.73 Å². The summed E-state index contributed by atoms with van der Waals surface area (Å²) in [6, 6.07) is 9.97. The van der Waals surface area contributed by atoms with E-state index >= 15 is 0 Å². The molecule has 2 heterocycles. The second kappa shape index (κ2) is 6.34. The molecule has 6 heteroatoms. The van der Waals surface area contributed by atoms with Crippen LogP contribution in [0.25, 0.3) is 0 Å². The van der Waals surface area contributed by atoms with Crippen molar-refractivity contribution in [2.24, 2.45) is 5.73 Å². The number of carbonyl (C=O) groups is 1. The molecule has 2 aromatic rings. The average molecular weight is 303 g/mol. The normalized spacial score (nSPS) is 18.7. The first-order valence-corrected chi connectivity index (χ1v) is 7.76. The highest BCUT2D eigenvalue weighted by atomic mass is 32.1. The molecule has 1 saturated heterocycles. The van der Waals surface area contributed by atoms with Crippen LogP contribution in [0.4, 0.5) is 0 Å². The van der Waals surface area contributed by atoms with E-state index in [1.807, 2.05) is 30.3 Å². The van der Waals surface area contributed by atoms with Crippen molar-refractivity contribution in [1.29, 1.82) is 0 Å². The third-order valence-corrected chi connectivity index (χ3v) is 4.34. The molecule has 1 unspecified atom stereocenters. The zero-order valence-corrected chi connectivity index (χ0v) is 12.4. The van der Waals surface area contributed by atoms with Gasteiger partial charge in [0.2, 0.25) is 0 Å². The lowest BCUT2D eigenvalue weighted by Gasteiger charge is -2.32. The molecule has 2 N–H and O–H groups in total. The summed E-state index contributed by atoms with van der Waals surface area (Å²) in [4.78, 5) is 18.5. The predicted molar refractivity (Wildman–Crippen MR) is 81.0 cm³/mol. The van der Waals surface area contributed by atoms with Crippen LogP contribution in [-0.4, -0.2) is 35.5 Å². The first-order chi connectivity index (χ1) is 10.3. The van der Waals surface area contributed by atoms with Crippen molar-refractivity contribution < 1.29 is 9.53 Å². The molecule has 1 fully saturated rings. The summed E-state index contributed by atoms with van der Waals surface area (Å²) >= 11 is 1.42. The van der Waals surface area contributed by atoms with Gasteiger partial charge in [0.05, 0.1) is 13.2 Å². The number of benzene rings is 1. The van der Waals surface area contributed by atoms with E-state index in [0.717, 1.165) is 10.6 Å². The summed E-state index contributed by atoms with van der Waals surface area (Å²) in [6.45, 7) is 2.06. The van der Waals surface area contributed by atoms with Gasteiger partial charge in [-0.25, -0.2) is 4.98 Å². The quantitative estimate of drug-likeness (QED) is 0.939. The third-order valence-electron chi connectivity index (χ3n) is 3.47. The molecule has 5 nitrogen and oxygen atoms in total. The number of aromatic nitrogens is 1. The Morgan fingerprint density at radius 2 is 2.24 bits per heavy atom. The Balaban J connectivity index is 1.72. The van der Waals surface area contributed by atoms with Crippen molar-refractivity contribution in [3.63, 3.8) is 0 Å². The fraction of sp³-hybridized carbons (Fsp3) is 0.333.